The van der Waals surface area contributed by atoms with Crippen molar-refractivity contribution in [1.82, 2.24) is 10.2 Å². The molecule has 17 heavy (non-hydrogen) atoms. The van der Waals surface area contributed by atoms with E-state index in [-0.39, 0.29) is 0 Å². The molecule has 3 nitrogen and oxygen atoms in total. The average molecular weight is 242 g/mol. The van der Waals surface area contributed by atoms with Gasteiger partial charge in [-0.1, -0.05) is 13.8 Å². The van der Waals surface area contributed by atoms with Gasteiger partial charge in [0.2, 0.25) is 0 Å². The molecule has 0 aromatic rings. The SMILES string of the molecule is COCC(C)CNCCCN1CCC(C)CC1. The second-order valence-electron chi connectivity index (χ2n) is 5.64. The van der Waals surface area contributed by atoms with Crippen LogP contribution in [0.1, 0.15) is 33.1 Å². The first-order valence-electron chi connectivity index (χ1n) is 7.14. The maximum absolute atomic E-state index is 5.12. The zero-order valence-electron chi connectivity index (χ0n) is 11.9. The van der Waals surface area contributed by atoms with Crippen molar-refractivity contribution in [2.75, 3.05) is 46.4 Å². The molecule has 0 spiro atoms. The van der Waals surface area contributed by atoms with Crippen molar-refractivity contribution in [3.63, 3.8) is 0 Å². The lowest BCUT2D eigenvalue weighted by atomic mass is 9.99. The summed E-state index contributed by atoms with van der Waals surface area (Å²) in [6, 6.07) is 0. The monoisotopic (exact) mass is 242 g/mol. The van der Waals surface area contributed by atoms with Crippen LogP contribution in [0.3, 0.4) is 0 Å². The molecule has 0 aromatic heterocycles. The van der Waals surface area contributed by atoms with Crippen molar-refractivity contribution in [3.8, 4) is 0 Å². The number of ether oxygens (including phenoxy) is 1. The summed E-state index contributed by atoms with van der Waals surface area (Å²) in [5, 5.41) is 3.51. The Bertz CT molecular complexity index is 179. The number of hydrogen-bond donors (Lipinski definition) is 1. The van der Waals surface area contributed by atoms with Crippen LogP contribution in [0.4, 0.5) is 0 Å². The third-order valence-electron chi connectivity index (χ3n) is 3.65. The highest BCUT2D eigenvalue weighted by Gasteiger charge is 2.14. The van der Waals surface area contributed by atoms with E-state index in [1.165, 1.54) is 38.9 Å². The van der Waals surface area contributed by atoms with E-state index in [2.05, 4.69) is 24.1 Å². The van der Waals surface area contributed by atoms with Crippen LogP contribution < -0.4 is 5.32 Å². The molecule has 1 aliphatic rings. The van der Waals surface area contributed by atoms with Gasteiger partial charge in [0.25, 0.3) is 0 Å². The predicted molar refractivity (Wildman–Crippen MR) is 73.4 cm³/mol. The Morgan fingerprint density at radius 2 is 2.06 bits per heavy atom. The summed E-state index contributed by atoms with van der Waals surface area (Å²) in [4.78, 5) is 2.61. The molecule has 1 aliphatic heterocycles. The second-order valence-corrected chi connectivity index (χ2v) is 5.64. The van der Waals surface area contributed by atoms with Crippen LogP contribution >= 0.6 is 0 Å². The Labute approximate surface area is 107 Å². The molecule has 1 N–H and O–H groups in total. The van der Waals surface area contributed by atoms with Crippen LogP contribution in [-0.2, 0) is 4.74 Å². The fraction of sp³-hybridized carbons (Fsp3) is 1.00. The predicted octanol–water partition coefficient (Wildman–Crippen LogP) is 1.98. The van der Waals surface area contributed by atoms with Gasteiger partial charge in [-0.2, -0.15) is 0 Å². The number of methoxy groups -OCH3 is 1. The molecule has 1 fully saturated rings. The van der Waals surface area contributed by atoms with Gasteiger partial charge < -0.3 is 15.0 Å². The van der Waals surface area contributed by atoms with Crippen molar-refractivity contribution in [2.24, 2.45) is 11.8 Å². The molecular formula is C14H30N2O. The highest BCUT2D eigenvalue weighted by molar-refractivity contribution is 4.69. The van der Waals surface area contributed by atoms with Crippen molar-refractivity contribution >= 4 is 0 Å². The minimum Gasteiger partial charge on any atom is -0.384 e. The van der Waals surface area contributed by atoms with Gasteiger partial charge in [-0.15, -0.1) is 0 Å². The van der Waals surface area contributed by atoms with Crippen LogP contribution in [0.5, 0.6) is 0 Å². The normalized spacial score (nSPS) is 20.6. The minimum absolute atomic E-state index is 0.621. The molecule has 0 aromatic carbocycles. The lowest BCUT2D eigenvalue weighted by Crippen LogP contribution is -2.35. The highest BCUT2D eigenvalue weighted by Crippen LogP contribution is 2.15. The van der Waals surface area contributed by atoms with Gasteiger partial charge in [0.1, 0.15) is 0 Å². The topological polar surface area (TPSA) is 24.5 Å². The smallest absolute Gasteiger partial charge is 0.0499 e. The van der Waals surface area contributed by atoms with Gasteiger partial charge in [-0.3, -0.25) is 0 Å². The Hall–Kier alpha value is -0.120. The van der Waals surface area contributed by atoms with Gasteiger partial charge in [0.05, 0.1) is 0 Å². The fourth-order valence-corrected chi connectivity index (χ4v) is 2.41. The molecule has 1 rings (SSSR count). The molecule has 1 saturated heterocycles. The van der Waals surface area contributed by atoms with E-state index in [1.54, 1.807) is 7.11 Å². The molecule has 0 radical (unpaired) electrons. The van der Waals surface area contributed by atoms with Crippen LogP contribution in [0.15, 0.2) is 0 Å². The summed E-state index contributed by atoms with van der Waals surface area (Å²) in [5.74, 6) is 1.56. The van der Waals surface area contributed by atoms with Gasteiger partial charge in [-0.25, -0.2) is 0 Å². The van der Waals surface area contributed by atoms with E-state index in [4.69, 9.17) is 4.74 Å². The fourth-order valence-electron chi connectivity index (χ4n) is 2.41. The van der Waals surface area contributed by atoms with E-state index in [9.17, 15) is 0 Å². The van der Waals surface area contributed by atoms with E-state index in [0.717, 1.165) is 25.6 Å². The number of nitrogens with zero attached hydrogens (tertiary/aromatic N) is 1. The summed E-state index contributed by atoms with van der Waals surface area (Å²) in [6.07, 6.45) is 4.05. The maximum Gasteiger partial charge on any atom is 0.0499 e. The number of likely N-dealkylation sites (tertiary alicyclic amines) is 1. The molecule has 1 heterocycles. The Balaban J connectivity index is 1.90. The van der Waals surface area contributed by atoms with Crippen LogP contribution in [0.25, 0.3) is 0 Å². The van der Waals surface area contributed by atoms with Crippen LogP contribution in [-0.4, -0.2) is 51.3 Å². The highest BCUT2D eigenvalue weighted by atomic mass is 16.5. The summed E-state index contributed by atoms with van der Waals surface area (Å²) in [6.45, 7) is 11.5. The van der Waals surface area contributed by atoms with Gasteiger partial charge in [-0.05, 0) is 63.8 Å². The molecule has 0 bridgehead atoms. The molecule has 0 amide bonds. The van der Waals surface area contributed by atoms with Crippen molar-refractivity contribution in [3.05, 3.63) is 0 Å². The largest absolute Gasteiger partial charge is 0.384 e. The Morgan fingerprint density at radius 3 is 2.71 bits per heavy atom. The number of rotatable bonds is 8. The molecule has 102 valence electrons. The average Bonchev–Trinajstić information content (AvgIpc) is 2.31. The molecular weight excluding hydrogens is 212 g/mol. The van der Waals surface area contributed by atoms with E-state index >= 15 is 0 Å². The number of nitrogens with one attached hydrogen (secondary N) is 1. The third kappa shape index (κ3) is 7.02. The Morgan fingerprint density at radius 1 is 1.35 bits per heavy atom. The van der Waals surface area contributed by atoms with Gasteiger partial charge >= 0.3 is 0 Å². The van der Waals surface area contributed by atoms with Crippen molar-refractivity contribution in [2.45, 2.75) is 33.1 Å². The summed E-state index contributed by atoms with van der Waals surface area (Å²) < 4.78 is 5.12. The molecule has 3 heteroatoms. The third-order valence-corrected chi connectivity index (χ3v) is 3.65. The molecule has 1 atom stereocenters. The van der Waals surface area contributed by atoms with E-state index in [0.29, 0.717) is 5.92 Å². The standard InChI is InChI=1S/C14H30N2O/c1-13-5-9-16(10-6-13)8-4-7-15-11-14(2)12-17-3/h13-15H,4-12H2,1-3H3. The zero-order chi connectivity index (χ0) is 12.5. The summed E-state index contributed by atoms with van der Waals surface area (Å²) >= 11 is 0. The summed E-state index contributed by atoms with van der Waals surface area (Å²) in [7, 11) is 1.77. The zero-order valence-corrected chi connectivity index (χ0v) is 11.9. The van der Waals surface area contributed by atoms with E-state index < -0.39 is 0 Å². The lowest BCUT2D eigenvalue weighted by Gasteiger charge is -2.30. The van der Waals surface area contributed by atoms with Crippen LogP contribution in [0.2, 0.25) is 0 Å². The first-order valence-corrected chi connectivity index (χ1v) is 7.14. The number of piperidine rings is 1. The quantitative estimate of drug-likeness (QED) is 0.659. The Kier molecular flexibility index (Phi) is 7.82. The molecule has 1 unspecified atom stereocenters. The minimum atomic E-state index is 0.621. The van der Waals surface area contributed by atoms with E-state index in [1.807, 2.05) is 0 Å². The summed E-state index contributed by atoms with van der Waals surface area (Å²) in [5.41, 5.74) is 0. The van der Waals surface area contributed by atoms with Crippen molar-refractivity contribution < 1.29 is 4.74 Å². The van der Waals surface area contributed by atoms with Crippen molar-refractivity contribution in [1.29, 1.82) is 0 Å². The van der Waals surface area contributed by atoms with Gasteiger partial charge in [0.15, 0.2) is 0 Å². The maximum atomic E-state index is 5.12. The molecule has 0 saturated carbocycles. The number of hydrogen-bond acceptors (Lipinski definition) is 3. The first-order chi connectivity index (χ1) is 8.22. The van der Waals surface area contributed by atoms with Crippen LogP contribution in [0, 0.1) is 11.8 Å². The lowest BCUT2D eigenvalue weighted by molar-refractivity contribution is 0.157. The van der Waals surface area contributed by atoms with Gasteiger partial charge in [0, 0.05) is 13.7 Å². The first kappa shape index (κ1) is 14.9. The molecule has 0 aliphatic carbocycles. The second kappa shape index (κ2) is 8.90.